The molecule has 0 saturated carbocycles. The number of hydrogen-bond acceptors (Lipinski definition) is 2. The summed E-state index contributed by atoms with van der Waals surface area (Å²) in [5.41, 5.74) is 0.551. The smallest absolute Gasteiger partial charge is 0.338 e. The lowest BCUT2D eigenvalue weighted by molar-refractivity contribution is 0.0692. The van der Waals surface area contributed by atoms with E-state index in [-0.39, 0.29) is 10.5 Å². The number of benzene rings is 2. The first-order valence-electron chi connectivity index (χ1n) is 5.83. The standard InChI is InChI=1S/C14H7ClF2N2O2/c15-8-2-1-6(3-10(8)17)13-18-11-4-7(14(20)21)9(16)5-12(11)19-13/h1-5H,(H,18,19)(H,20,21). The largest absolute Gasteiger partial charge is 0.478 e. The molecule has 3 rings (SSSR count). The van der Waals surface area contributed by atoms with Crippen molar-refractivity contribution in [1.82, 2.24) is 9.97 Å². The zero-order valence-electron chi connectivity index (χ0n) is 10.3. The molecule has 21 heavy (non-hydrogen) atoms. The Morgan fingerprint density at radius 3 is 2.62 bits per heavy atom. The van der Waals surface area contributed by atoms with Gasteiger partial charge in [0, 0.05) is 11.6 Å². The summed E-state index contributed by atoms with van der Waals surface area (Å²) >= 11 is 5.60. The Labute approximate surface area is 122 Å². The number of aromatic amines is 1. The van der Waals surface area contributed by atoms with Crippen LogP contribution in [0.3, 0.4) is 0 Å². The topological polar surface area (TPSA) is 66.0 Å². The highest BCUT2D eigenvalue weighted by molar-refractivity contribution is 6.30. The first kappa shape index (κ1) is 13.5. The number of carboxylic acid groups (broad SMARTS) is 1. The van der Waals surface area contributed by atoms with E-state index in [9.17, 15) is 13.6 Å². The number of nitrogens with zero attached hydrogens (tertiary/aromatic N) is 1. The van der Waals surface area contributed by atoms with Crippen molar-refractivity contribution in [1.29, 1.82) is 0 Å². The number of hydrogen-bond donors (Lipinski definition) is 2. The summed E-state index contributed by atoms with van der Waals surface area (Å²) in [6.07, 6.45) is 0. The van der Waals surface area contributed by atoms with Crippen LogP contribution in [0.25, 0.3) is 22.4 Å². The number of aromatic carboxylic acids is 1. The summed E-state index contributed by atoms with van der Waals surface area (Å²) in [6.45, 7) is 0. The summed E-state index contributed by atoms with van der Waals surface area (Å²) in [6, 6.07) is 6.29. The average Bonchev–Trinajstić information content (AvgIpc) is 2.83. The van der Waals surface area contributed by atoms with Gasteiger partial charge in [0.05, 0.1) is 21.6 Å². The van der Waals surface area contributed by atoms with Crippen molar-refractivity contribution >= 4 is 28.6 Å². The Kier molecular flexibility index (Phi) is 3.10. The van der Waals surface area contributed by atoms with E-state index in [0.717, 1.165) is 12.1 Å². The number of nitrogens with one attached hydrogen (secondary N) is 1. The molecule has 4 nitrogen and oxygen atoms in total. The lowest BCUT2D eigenvalue weighted by atomic mass is 10.2. The lowest BCUT2D eigenvalue weighted by Crippen LogP contribution is -1.99. The second-order valence-electron chi connectivity index (χ2n) is 4.37. The van der Waals surface area contributed by atoms with Gasteiger partial charge in [-0.3, -0.25) is 0 Å². The van der Waals surface area contributed by atoms with Crippen molar-refractivity contribution in [3.05, 3.63) is 52.6 Å². The molecule has 0 amide bonds. The van der Waals surface area contributed by atoms with Gasteiger partial charge >= 0.3 is 5.97 Å². The molecular weight excluding hydrogens is 302 g/mol. The zero-order chi connectivity index (χ0) is 15.1. The van der Waals surface area contributed by atoms with Crippen LogP contribution in [-0.2, 0) is 0 Å². The van der Waals surface area contributed by atoms with E-state index in [1.54, 1.807) is 6.07 Å². The van der Waals surface area contributed by atoms with Gasteiger partial charge < -0.3 is 10.1 Å². The molecule has 0 unspecified atom stereocenters. The molecule has 106 valence electrons. The van der Waals surface area contributed by atoms with Gasteiger partial charge in [-0.25, -0.2) is 18.6 Å². The van der Waals surface area contributed by atoms with Gasteiger partial charge in [-0.05, 0) is 24.3 Å². The van der Waals surface area contributed by atoms with E-state index in [1.165, 1.54) is 12.1 Å². The van der Waals surface area contributed by atoms with Gasteiger partial charge in [0.15, 0.2) is 0 Å². The highest BCUT2D eigenvalue weighted by atomic mass is 35.5. The number of imidazole rings is 1. The average molecular weight is 309 g/mol. The SMILES string of the molecule is O=C(O)c1cc2nc(-c3ccc(Cl)c(F)c3)[nH]c2cc1F. The van der Waals surface area contributed by atoms with Gasteiger partial charge in [-0.1, -0.05) is 11.6 Å². The summed E-state index contributed by atoms with van der Waals surface area (Å²) in [5, 5.41) is 8.85. The predicted molar refractivity (Wildman–Crippen MR) is 73.4 cm³/mol. The van der Waals surface area contributed by atoms with E-state index >= 15 is 0 Å². The van der Waals surface area contributed by atoms with Crippen LogP contribution < -0.4 is 0 Å². The van der Waals surface area contributed by atoms with Gasteiger partial charge in [-0.15, -0.1) is 0 Å². The summed E-state index contributed by atoms with van der Waals surface area (Å²) in [7, 11) is 0. The number of aromatic nitrogens is 2. The maximum Gasteiger partial charge on any atom is 0.338 e. The number of fused-ring (bicyclic) bond motifs is 1. The highest BCUT2D eigenvalue weighted by Crippen LogP contribution is 2.25. The molecule has 0 atom stereocenters. The maximum atomic E-state index is 13.6. The fourth-order valence-corrected chi connectivity index (χ4v) is 2.09. The van der Waals surface area contributed by atoms with Crippen molar-refractivity contribution < 1.29 is 18.7 Å². The Morgan fingerprint density at radius 1 is 1.19 bits per heavy atom. The van der Waals surface area contributed by atoms with Gasteiger partial charge in [0.25, 0.3) is 0 Å². The highest BCUT2D eigenvalue weighted by Gasteiger charge is 2.15. The van der Waals surface area contributed by atoms with Crippen LogP contribution >= 0.6 is 11.6 Å². The predicted octanol–water partition coefficient (Wildman–Crippen LogP) is 3.86. The Morgan fingerprint density at radius 2 is 1.95 bits per heavy atom. The maximum absolute atomic E-state index is 13.6. The minimum absolute atomic E-state index is 0.0194. The van der Waals surface area contributed by atoms with Crippen molar-refractivity contribution in [2.75, 3.05) is 0 Å². The molecule has 0 saturated heterocycles. The molecule has 0 aliphatic rings. The Bertz CT molecular complexity index is 877. The number of H-pyrrole nitrogens is 1. The number of rotatable bonds is 2. The molecule has 2 aromatic carbocycles. The van der Waals surface area contributed by atoms with Gasteiger partial charge in [-0.2, -0.15) is 0 Å². The van der Waals surface area contributed by atoms with Gasteiger partial charge in [0.2, 0.25) is 0 Å². The molecule has 3 aromatic rings. The third-order valence-electron chi connectivity index (χ3n) is 2.99. The third-order valence-corrected chi connectivity index (χ3v) is 3.30. The van der Waals surface area contributed by atoms with Crippen molar-refractivity contribution in [3.63, 3.8) is 0 Å². The van der Waals surface area contributed by atoms with Crippen LogP contribution in [0, 0.1) is 11.6 Å². The van der Waals surface area contributed by atoms with Crippen molar-refractivity contribution in [2.45, 2.75) is 0 Å². The molecule has 0 bridgehead atoms. The molecule has 1 aromatic heterocycles. The minimum atomic E-state index is -1.38. The van der Waals surface area contributed by atoms with Gasteiger partial charge in [0.1, 0.15) is 17.5 Å². The normalized spacial score (nSPS) is 11.0. The number of halogens is 3. The fraction of sp³-hybridized carbons (Fsp3) is 0. The second kappa shape index (κ2) is 4.82. The van der Waals surface area contributed by atoms with Crippen LogP contribution in [0.5, 0.6) is 0 Å². The monoisotopic (exact) mass is 308 g/mol. The van der Waals surface area contributed by atoms with Crippen molar-refractivity contribution in [2.24, 2.45) is 0 Å². The number of carboxylic acids is 1. The van der Waals surface area contributed by atoms with Crippen LogP contribution in [0.2, 0.25) is 5.02 Å². The second-order valence-corrected chi connectivity index (χ2v) is 4.78. The summed E-state index contributed by atoms with van der Waals surface area (Å²) in [5.74, 6) is -2.56. The van der Waals surface area contributed by atoms with E-state index in [0.29, 0.717) is 16.9 Å². The first-order valence-corrected chi connectivity index (χ1v) is 6.21. The molecule has 0 spiro atoms. The van der Waals surface area contributed by atoms with E-state index in [2.05, 4.69) is 9.97 Å². The van der Waals surface area contributed by atoms with Crippen LogP contribution in [0.15, 0.2) is 30.3 Å². The lowest BCUT2D eigenvalue weighted by Gasteiger charge is -1.98. The van der Waals surface area contributed by atoms with Crippen LogP contribution in [0.1, 0.15) is 10.4 Å². The van der Waals surface area contributed by atoms with E-state index in [4.69, 9.17) is 16.7 Å². The van der Waals surface area contributed by atoms with E-state index < -0.39 is 23.2 Å². The first-order chi connectivity index (χ1) is 9.95. The molecule has 0 aliphatic heterocycles. The zero-order valence-corrected chi connectivity index (χ0v) is 11.1. The van der Waals surface area contributed by atoms with Crippen LogP contribution in [0.4, 0.5) is 8.78 Å². The molecule has 0 fully saturated rings. The Balaban J connectivity index is 2.16. The molecule has 1 heterocycles. The number of carbonyl (C=O) groups is 1. The molecular formula is C14H7ClF2N2O2. The minimum Gasteiger partial charge on any atom is -0.478 e. The van der Waals surface area contributed by atoms with E-state index in [1.807, 2.05) is 0 Å². The molecule has 2 N–H and O–H groups in total. The quantitative estimate of drug-likeness (QED) is 0.755. The summed E-state index contributed by atoms with van der Waals surface area (Å²) < 4.78 is 27.0. The molecule has 0 aliphatic carbocycles. The van der Waals surface area contributed by atoms with Crippen LogP contribution in [-0.4, -0.2) is 21.0 Å². The molecule has 0 radical (unpaired) electrons. The molecule has 7 heteroatoms. The Hall–Kier alpha value is -2.47. The summed E-state index contributed by atoms with van der Waals surface area (Å²) in [4.78, 5) is 17.8. The third kappa shape index (κ3) is 2.34. The van der Waals surface area contributed by atoms with Crippen molar-refractivity contribution in [3.8, 4) is 11.4 Å². The fourth-order valence-electron chi connectivity index (χ4n) is 1.97.